The molecule has 0 saturated carbocycles. The number of aromatic nitrogens is 3. The largest absolute Gasteiger partial charge is 0.467 e. The van der Waals surface area contributed by atoms with Crippen LogP contribution in [0.5, 0.6) is 6.01 Å². The summed E-state index contributed by atoms with van der Waals surface area (Å²) in [6.45, 7) is -0.274. The Labute approximate surface area is 157 Å². The van der Waals surface area contributed by atoms with Gasteiger partial charge in [-0.3, -0.25) is 5.32 Å². The topological polar surface area (TPSA) is 123 Å². The summed E-state index contributed by atoms with van der Waals surface area (Å²) in [7, 11) is -3.37. The minimum Gasteiger partial charge on any atom is -0.467 e. The van der Waals surface area contributed by atoms with Crippen molar-refractivity contribution in [3.8, 4) is 6.01 Å². The number of allylic oxidation sites excluding steroid dienone is 1. The molecule has 0 spiro atoms. The number of amides is 2. The van der Waals surface area contributed by atoms with Gasteiger partial charge in [0.15, 0.2) is 11.7 Å². The molecule has 1 heterocycles. The van der Waals surface area contributed by atoms with Crippen molar-refractivity contribution >= 4 is 27.8 Å². The first kappa shape index (κ1) is 21.1. The quantitative estimate of drug-likeness (QED) is 0.739. The number of rotatable bonds is 6. The maximum Gasteiger partial charge on any atom is 0.335 e. The SMILES string of the molecule is COc1nc(C)nc(NC(=O)NS(=O)(=O)c2ccccc2/C(F)=C(\F)CF)n1. The van der Waals surface area contributed by atoms with Crippen LogP contribution in [0.1, 0.15) is 11.4 Å². The van der Waals surface area contributed by atoms with Gasteiger partial charge in [0, 0.05) is 5.56 Å². The first-order valence-corrected chi connectivity index (χ1v) is 8.96. The van der Waals surface area contributed by atoms with Crippen LogP contribution in [-0.4, -0.2) is 43.2 Å². The highest BCUT2D eigenvalue weighted by Crippen LogP contribution is 2.27. The van der Waals surface area contributed by atoms with Gasteiger partial charge in [-0.2, -0.15) is 15.0 Å². The van der Waals surface area contributed by atoms with Crippen molar-refractivity contribution in [2.24, 2.45) is 0 Å². The maximum absolute atomic E-state index is 14.0. The molecule has 2 N–H and O–H groups in total. The third-order valence-corrected chi connectivity index (χ3v) is 4.52. The molecule has 0 aliphatic carbocycles. The monoisotopic (exact) mass is 417 g/mol. The Morgan fingerprint density at radius 1 is 1.18 bits per heavy atom. The number of urea groups is 1. The molecule has 1 aromatic carbocycles. The van der Waals surface area contributed by atoms with Crippen LogP contribution in [0.15, 0.2) is 35.0 Å². The van der Waals surface area contributed by atoms with Gasteiger partial charge in [0.1, 0.15) is 12.5 Å². The van der Waals surface area contributed by atoms with Gasteiger partial charge in [0.05, 0.1) is 12.0 Å². The number of nitrogens with zero attached hydrogens (tertiary/aromatic N) is 3. The van der Waals surface area contributed by atoms with Crippen molar-refractivity contribution in [1.82, 2.24) is 19.7 Å². The zero-order chi connectivity index (χ0) is 20.9. The van der Waals surface area contributed by atoms with E-state index in [0.29, 0.717) is 0 Å². The maximum atomic E-state index is 14.0. The van der Waals surface area contributed by atoms with Crippen LogP contribution in [0, 0.1) is 6.92 Å². The molecule has 9 nitrogen and oxygen atoms in total. The van der Waals surface area contributed by atoms with Gasteiger partial charge in [-0.1, -0.05) is 18.2 Å². The molecule has 0 aliphatic rings. The Bertz CT molecular complexity index is 1030. The Hall–Kier alpha value is -3.22. The van der Waals surface area contributed by atoms with E-state index < -0.39 is 44.8 Å². The Balaban J connectivity index is 2.30. The van der Waals surface area contributed by atoms with Crippen molar-refractivity contribution in [2.75, 3.05) is 19.1 Å². The van der Waals surface area contributed by atoms with Gasteiger partial charge in [-0.25, -0.2) is 31.1 Å². The predicted molar refractivity (Wildman–Crippen MR) is 92.0 cm³/mol. The highest BCUT2D eigenvalue weighted by atomic mass is 32.2. The summed E-state index contributed by atoms with van der Waals surface area (Å²) in [5, 5.41) is 2.05. The number of benzene rings is 1. The summed E-state index contributed by atoms with van der Waals surface area (Å²) in [5.41, 5.74) is -0.740. The Morgan fingerprint density at radius 2 is 1.86 bits per heavy atom. The number of sulfonamides is 1. The number of halogens is 3. The van der Waals surface area contributed by atoms with E-state index in [-0.39, 0.29) is 17.8 Å². The summed E-state index contributed by atoms with van der Waals surface area (Å²) in [6.07, 6.45) is 0. The van der Waals surface area contributed by atoms with Gasteiger partial charge in [-0.05, 0) is 13.0 Å². The first-order valence-electron chi connectivity index (χ1n) is 7.48. The number of hydrogen-bond donors (Lipinski definition) is 2. The van der Waals surface area contributed by atoms with Crippen LogP contribution in [0.25, 0.3) is 5.83 Å². The highest BCUT2D eigenvalue weighted by molar-refractivity contribution is 7.90. The molecule has 0 aliphatic heterocycles. The van der Waals surface area contributed by atoms with E-state index in [0.717, 1.165) is 12.1 Å². The number of anilines is 1. The Morgan fingerprint density at radius 3 is 2.50 bits per heavy atom. The molecular weight excluding hydrogens is 403 g/mol. The van der Waals surface area contributed by atoms with Crippen molar-refractivity contribution in [3.63, 3.8) is 0 Å². The van der Waals surface area contributed by atoms with E-state index >= 15 is 0 Å². The molecule has 2 aromatic rings. The molecule has 0 bridgehead atoms. The molecule has 2 amide bonds. The van der Waals surface area contributed by atoms with Gasteiger partial charge in [-0.15, -0.1) is 0 Å². The third kappa shape index (κ3) is 4.94. The van der Waals surface area contributed by atoms with Crippen molar-refractivity contribution < 1.29 is 31.1 Å². The van der Waals surface area contributed by atoms with E-state index in [4.69, 9.17) is 4.74 Å². The minimum absolute atomic E-state index is 0.120. The summed E-state index contributed by atoms with van der Waals surface area (Å²) in [6, 6.07) is 2.89. The molecule has 0 fully saturated rings. The van der Waals surface area contributed by atoms with Crippen molar-refractivity contribution in [3.05, 3.63) is 41.5 Å². The fourth-order valence-electron chi connectivity index (χ4n) is 2.00. The number of nitrogens with one attached hydrogen (secondary N) is 2. The lowest BCUT2D eigenvalue weighted by atomic mass is 10.2. The number of carbonyl (C=O) groups is 1. The number of methoxy groups -OCH3 is 1. The normalized spacial score (nSPS) is 12.2. The van der Waals surface area contributed by atoms with Crippen LogP contribution in [0.4, 0.5) is 23.9 Å². The molecule has 2 rings (SSSR count). The standard InChI is InChI=1S/C15H14F3N5O4S/c1-8-19-13(22-15(20-8)27-2)21-14(24)23-28(25,26)11-6-4-3-5-9(11)12(18)10(17)7-16/h3-6H,7H2,1-2H3,(H2,19,20,21,22,23,24)/b12-10+. The lowest BCUT2D eigenvalue weighted by molar-refractivity contribution is 0.256. The molecule has 1 aromatic heterocycles. The number of aryl methyl sites for hydroxylation is 1. The van der Waals surface area contributed by atoms with Crippen LogP contribution >= 0.6 is 0 Å². The average Bonchev–Trinajstić information content (AvgIpc) is 2.65. The number of ether oxygens (including phenoxy) is 1. The van der Waals surface area contributed by atoms with E-state index in [1.165, 1.54) is 26.2 Å². The summed E-state index contributed by atoms with van der Waals surface area (Å²) in [4.78, 5) is 22.5. The average molecular weight is 417 g/mol. The second kappa shape index (κ2) is 8.65. The zero-order valence-electron chi connectivity index (χ0n) is 14.5. The summed E-state index contributed by atoms with van der Waals surface area (Å²) in [5.74, 6) is -3.59. The summed E-state index contributed by atoms with van der Waals surface area (Å²) >= 11 is 0. The minimum atomic E-state index is -4.65. The fraction of sp³-hybridized carbons (Fsp3) is 0.200. The van der Waals surface area contributed by atoms with Crippen molar-refractivity contribution in [1.29, 1.82) is 0 Å². The zero-order valence-corrected chi connectivity index (χ0v) is 15.3. The van der Waals surface area contributed by atoms with E-state index in [9.17, 15) is 26.4 Å². The van der Waals surface area contributed by atoms with Crippen LogP contribution in [0.3, 0.4) is 0 Å². The van der Waals surface area contributed by atoms with Gasteiger partial charge >= 0.3 is 12.0 Å². The van der Waals surface area contributed by atoms with Gasteiger partial charge < -0.3 is 4.74 Å². The van der Waals surface area contributed by atoms with E-state index in [1.54, 1.807) is 4.72 Å². The van der Waals surface area contributed by atoms with Crippen LogP contribution in [0.2, 0.25) is 0 Å². The number of carbonyl (C=O) groups excluding carboxylic acids is 1. The van der Waals surface area contributed by atoms with Gasteiger partial charge in [0.2, 0.25) is 5.95 Å². The second-order valence-electron chi connectivity index (χ2n) is 5.10. The molecule has 13 heteroatoms. The molecule has 0 radical (unpaired) electrons. The number of alkyl halides is 1. The molecule has 0 unspecified atom stereocenters. The van der Waals surface area contributed by atoms with Crippen molar-refractivity contribution in [2.45, 2.75) is 11.8 Å². The number of hydrogen-bond acceptors (Lipinski definition) is 7. The smallest absolute Gasteiger partial charge is 0.335 e. The second-order valence-corrected chi connectivity index (χ2v) is 6.75. The third-order valence-electron chi connectivity index (χ3n) is 3.13. The molecule has 0 saturated heterocycles. The predicted octanol–water partition coefficient (Wildman–Crippen LogP) is 2.28. The first-order chi connectivity index (χ1) is 13.2. The molecule has 150 valence electrons. The van der Waals surface area contributed by atoms with E-state index in [1.807, 2.05) is 0 Å². The lowest BCUT2D eigenvalue weighted by Crippen LogP contribution is -2.35. The highest BCUT2D eigenvalue weighted by Gasteiger charge is 2.25. The van der Waals surface area contributed by atoms with Crippen LogP contribution in [-0.2, 0) is 10.0 Å². The molecule has 28 heavy (non-hydrogen) atoms. The molecular formula is C15H14F3N5O4S. The Kier molecular flexibility index (Phi) is 6.51. The fourth-order valence-corrected chi connectivity index (χ4v) is 3.11. The lowest BCUT2D eigenvalue weighted by Gasteiger charge is -2.11. The van der Waals surface area contributed by atoms with E-state index in [2.05, 4.69) is 20.3 Å². The van der Waals surface area contributed by atoms with Gasteiger partial charge in [0.25, 0.3) is 10.0 Å². The summed E-state index contributed by atoms with van der Waals surface area (Å²) < 4.78 is 70.8. The van der Waals surface area contributed by atoms with Crippen LogP contribution < -0.4 is 14.8 Å². The molecule has 0 atom stereocenters.